The van der Waals surface area contributed by atoms with Crippen LogP contribution in [0.25, 0.3) is 0 Å². The van der Waals surface area contributed by atoms with Crippen molar-refractivity contribution in [2.75, 3.05) is 44.0 Å². The summed E-state index contributed by atoms with van der Waals surface area (Å²) in [5.41, 5.74) is 1.18. The number of amides is 1. The Hall–Kier alpha value is -1.87. The third-order valence-electron chi connectivity index (χ3n) is 5.33. The molecule has 1 aromatic heterocycles. The average molecular weight is 449 g/mol. The number of carbonyl (C=O) groups excluding carboxylic acids is 1. The quantitative estimate of drug-likeness (QED) is 0.382. The summed E-state index contributed by atoms with van der Waals surface area (Å²) in [6, 6.07) is 11.9. The van der Waals surface area contributed by atoms with Gasteiger partial charge in [0.25, 0.3) is 0 Å². The van der Waals surface area contributed by atoms with Crippen molar-refractivity contribution in [3.05, 3.63) is 47.1 Å². The molecular weight excluding hydrogens is 424 g/mol. The first kappa shape index (κ1) is 21.4. The van der Waals surface area contributed by atoms with Crippen LogP contribution in [0.15, 0.2) is 41.6 Å². The van der Waals surface area contributed by atoms with Crippen molar-refractivity contribution < 1.29 is 14.3 Å². The molecule has 1 spiro atoms. The van der Waals surface area contributed by atoms with E-state index in [1.807, 2.05) is 35.0 Å². The monoisotopic (exact) mass is 448 g/mol. The maximum Gasteiger partial charge on any atom is 0.233 e. The molecule has 0 saturated carbocycles. The maximum atomic E-state index is 12.6. The van der Waals surface area contributed by atoms with Gasteiger partial charge in [-0.25, -0.2) is 9.97 Å². The second-order valence-electron chi connectivity index (χ2n) is 7.45. The van der Waals surface area contributed by atoms with Crippen molar-refractivity contribution >= 4 is 35.1 Å². The van der Waals surface area contributed by atoms with Crippen molar-refractivity contribution in [3.63, 3.8) is 0 Å². The first-order chi connectivity index (χ1) is 14.5. The van der Waals surface area contributed by atoms with Gasteiger partial charge >= 0.3 is 0 Å². The van der Waals surface area contributed by atoms with E-state index in [0.29, 0.717) is 56.0 Å². The number of rotatable bonds is 6. The number of hydrogen-bond acceptors (Lipinski definition) is 7. The third-order valence-corrected chi connectivity index (χ3v) is 6.36. The molecule has 3 heterocycles. The molecule has 7 nitrogen and oxygen atoms in total. The van der Waals surface area contributed by atoms with Gasteiger partial charge < -0.3 is 19.3 Å². The predicted octanol–water partition coefficient (Wildman–Crippen LogP) is 3.22. The lowest BCUT2D eigenvalue weighted by Gasteiger charge is -2.37. The number of benzene rings is 1. The molecule has 2 saturated heterocycles. The standard InChI is InChI=1S/C21H25ClN4O3S/c1-25(14-16-5-3-2-4-6-16)18-13-17(22)23-20(24-18)30-15-19(27)26-9-7-21(8-10-26)28-11-12-29-21/h2-6,13H,7-12,14-15H2,1H3. The SMILES string of the molecule is CN(Cc1ccccc1)c1cc(Cl)nc(SCC(=O)N2CCC3(CC2)OCCO3)n1. The van der Waals surface area contributed by atoms with Crippen LogP contribution in [0.5, 0.6) is 0 Å². The zero-order valence-corrected chi connectivity index (χ0v) is 18.5. The van der Waals surface area contributed by atoms with E-state index in [2.05, 4.69) is 22.1 Å². The molecule has 2 aliphatic heterocycles. The van der Waals surface area contributed by atoms with E-state index in [9.17, 15) is 4.79 Å². The van der Waals surface area contributed by atoms with Crippen LogP contribution in [0, 0.1) is 0 Å². The normalized spacial score (nSPS) is 18.0. The summed E-state index contributed by atoms with van der Waals surface area (Å²) < 4.78 is 11.5. The lowest BCUT2D eigenvalue weighted by Crippen LogP contribution is -2.47. The number of nitrogens with zero attached hydrogens (tertiary/aromatic N) is 4. The summed E-state index contributed by atoms with van der Waals surface area (Å²) >= 11 is 7.53. The molecule has 9 heteroatoms. The molecule has 0 aliphatic carbocycles. The number of carbonyl (C=O) groups is 1. The van der Waals surface area contributed by atoms with Crippen LogP contribution in [-0.4, -0.2) is 65.7 Å². The largest absolute Gasteiger partial charge is 0.355 e. The van der Waals surface area contributed by atoms with Gasteiger partial charge in [-0.3, -0.25) is 4.79 Å². The Morgan fingerprint density at radius 1 is 1.20 bits per heavy atom. The van der Waals surface area contributed by atoms with Crippen LogP contribution >= 0.6 is 23.4 Å². The first-order valence-electron chi connectivity index (χ1n) is 10.0. The van der Waals surface area contributed by atoms with Gasteiger partial charge in [0.15, 0.2) is 10.9 Å². The Kier molecular flexibility index (Phi) is 6.77. The Morgan fingerprint density at radius 2 is 1.90 bits per heavy atom. The molecule has 1 amide bonds. The molecule has 1 aromatic carbocycles. The fraction of sp³-hybridized carbons (Fsp3) is 0.476. The van der Waals surface area contributed by atoms with E-state index in [1.54, 1.807) is 6.07 Å². The highest BCUT2D eigenvalue weighted by Gasteiger charge is 2.40. The van der Waals surface area contributed by atoms with Gasteiger partial charge in [0.05, 0.1) is 19.0 Å². The molecule has 0 unspecified atom stereocenters. The van der Waals surface area contributed by atoms with Crippen LogP contribution in [0.3, 0.4) is 0 Å². The minimum atomic E-state index is -0.474. The van der Waals surface area contributed by atoms with E-state index in [-0.39, 0.29) is 11.7 Å². The fourth-order valence-corrected chi connectivity index (χ4v) is 4.67. The Balaban J connectivity index is 1.32. The zero-order valence-electron chi connectivity index (χ0n) is 16.9. The highest BCUT2D eigenvalue weighted by molar-refractivity contribution is 7.99. The second kappa shape index (κ2) is 9.51. The summed E-state index contributed by atoms with van der Waals surface area (Å²) in [5, 5.41) is 0.868. The minimum absolute atomic E-state index is 0.0654. The van der Waals surface area contributed by atoms with E-state index in [4.69, 9.17) is 21.1 Å². The molecule has 0 atom stereocenters. The number of hydrogen-bond donors (Lipinski definition) is 0. The number of likely N-dealkylation sites (tertiary alicyclic amines) is 1. The van der Waals surface area contributed by atoms with E-state index >= 15 is 0 Å². The lowest BCUT2D eigenvalue weighted by molar-refractivity contribution is -0.186. The molecule has 2 fully saturated rings. The van der Waals surface area contributed by atoms with Crippen molar-refractivity contribution in [1.82, 2.24) is 14.9 Å². The van der Waals surface area contributed by atoms with Crippen LogP contribution in [0.4, 0.5) is 5.82 Å². The molecule has 4 rings (SSSR count). The van der Waals surface area contributed by atoms with Crippen LogP contribution in [-0.2, 0) is 20.8 Å². The zero-order chi connectivity index (χ0) is 21.0. The topological polar surface area (TPSA) is 67.8 Å². The van der Waals surface area contributed by atoms with E-state index in [1.165, 1.54) is 17.3 Å². The van der Waals surface area contributed by atoms with E-state index < -0.39 is 5.79 Å². The minimum Gasteiger partial charge on any atom is -0.355 e. The van der Waals surface area contributed by atoms with Crippen molar-refractivity contribution in [3.8, 4) is 0 Å². The van der Waals surface area contributed by atoms with Gasteiger partial charge in [-0.15, -0.1) is 0 Å². The Bertz CT molecular complexity index is 870. The van der Waals surface area contributed by atoms with Gasteiger partial charge in [0.2, 0.25) is 5.91 Å². The molecule has 0 radical (unpaired) electrons. The number of thioether (sulfide) groups is 1. The lowest BCUT2D eigenvalue weighted by atomic mass is 10.0. The summed E-state index contributed by atoms with van der Waals surface area (Å²) in [6.07, 6.45) is 1.43. The second-order valence-corrected chi connectivity index (χ2v) is 8.78. The van der Waals surface area contributed by atoms with Gasteiger partial charge in [-0.1, -0.05) is 53.7 Å². The van der Waals surface area contributed by atoms with Crippen LogP contribution < -0.4 is 4.90 Å². The van der Waals surface area contributed by atoms with Gasteiger partial charge in [0, 0.05) is 45.6 Å². The van der Waals surface area contributed by atoms with E-state index in [0.717, 1.165) is 5.82 Å². The molecule has 2 aromatic rings. The van der Waals surface area contributed by atoms with Crippen LogP contribution in [0.1, 0.15) is 18.4 Å². The van der Waals surface area contributed by atoms with Crippen molar-refractivity contribution in [1.29, 1.82) is 0 Å². The predicted molar refractivity (Wildman–Crippen MR) is 117 cm³/mol. The third kappa shape index (κ3) is 5.24. The summed E-state index contributed by atoms with van der Waals surface area (Å²) in [7, 11) is 1.96. The highest BCUT2D eigenvalue weighted by atomic mass is 35.5. The number of ether oxygens (including phenoxy) is 2. The Morgan fingerprint density at radius 3 is 2.60 bits per heavy atom. The summed E-state index contributed by atoms with van der Waals surface area (Å²) in [6.45, 7) is 3.26. The number of piperidine rings is 1. The van der Waals surface area contributed by atoms with Gasteiger partial charge in [0.1, 0.15) is 11.0 Å². The number of halogens is 1. The average Bonchev–Trinajstić information content (AvgIpc) is 3.21. The van der Waals surface area contributed by atoms with Gasteiger partial charge in [-0.2, -0.15) is 0 Å². The molecule has 0 N–H and O–H groups in total. The first-order valence-corrected chi connectivity index (χ1v) is 11.4. The summed E-state index contributed by atoms with van der Waals surface area (Å²) in [4.78, 5) is 25.4. The van der Waals surface area contributed by atoms with Gasteiger partial charge in [-0.05, 0) is 5.56 Å². The number of anilines is 1. The Labute approximate surface area is 185 Å². The molecule has 160 valence electrons. The van der Waals surface area contributed by atoms with Crippen LogP contribution in [0.2, 0.25) is 5.15 Å². The maximum absolute atomic E-state index is 12.6. The number of aromatic nitrogens is 2. The molecular formula is C21H25ClN4O3S. The molecule has 0 bridgehead atoms. The molecule has 30 heavy (non-hydrogen) atoms. The van der Waals surface area contributed by atoms with Crippen molar-refractivity contribution in [2.24, 2.45) is 0 Å². The smallest absolute Gasteiger partial charge is 0.233 e. The van der Waals surface area contributed by atoms with Crippen molar-refractivity contribution in [2.45, 2.75) is 30.3 Å². The summed E-state index contributed by atoms with van der Waals surface area (Å²) in [5.74, 6) is 0.592. The highest BCUT2D eigenvalue weighted by Crippen LogP contribution is 2.31. The fourth-order valence-electron chi connectivity index (χ4n) is 3.68. The molecule has 2 aliphatic rings.